The van der Waals surface area contributed by atoms with E-state index in [1.807, 2.05) is 13.0 Å². The SMILES string of the molecule is CCC=CCC=CCC=CCC=CCC=CCCCC(=O)NC1(C)CCN(C(=O)c2ccccn2)C1. The highest BCUT2D eigenvalue weighted by Gasteiger charge is 2.37. The Kier molecular flexibility index (Phi) is 13.9. The summed E-state index contributed by atoms with van der Waals surface area (Å²) < 4.78 is 0. The van der Waals surface area contributed by atoms with Crippen molar-refractivity contribution in [1.82, 2.24) is 15.2 Å². The Hall–Kier alpha value is -3.21. The molecule has 5 nitrogen and oxygen atoms in total. The Morgan fingerprint density at radius 1 is 0.944 bits per heavy atom. The third-order valence-electron chi connectivity index (χ3n) is 6.02. The van der Waals surface area contributed by atoms with Gasteiger partial charge in [-0.3, -0.25) is 14.6 Å². The highest BCUT2D eigenvalue weighted by Crippen LogP contribution is 2.22. The Bertz CT molecular complexity index is 930. The number of unbranched alkanes of at least 4 members (excludes halogenated alkanes) is 1. The molecule has 2 amide bonds. The van der Waals surface area contributed by atoms with Gasteiger partial charge in [0, 0.05) is 25.7 Å². The van der Waals surface area contributed by atoms with E-state index in [4.69, 9.17) is 0 Å². The van der Waals surface area contributed by atoms with Crippen molar-refractivity contribution in [3.05, 3.63) is 90.9 Å². The van der Waals surface area contributed by atoms with Gasteiger partial charge in [0.2, 0.25) is 5.91 Å². The van der Waals surface area contributed by atoms with Gasteiger partial charge in [0.05, 0.1) is 5.54 Å². The molecule has 36 heavy (non-hydrogen) atoms. The zero-order valence-electron chi connectivity index (χ0n) is 22.1. The highest BCUT2D eigenvalue weighted by atomic mass is 16.2. The minimum absolute atomic E-state index is 0.0528. The van der Waals surface area contributed by atoms with Crippen LogP contribution in [0.25, 0.3) is 0 Å². The quantitative estimate of drug-likeness (QED) is 0.220. The zero-order valence-corrected chi connectivity index (χ0v) is 22.1. The first-order valence-corrected chi connectivity index (χ1v) is 13.3. The van der Waals surface area contributed by atoms with Crippen LogP contribution in [0.3, 0.4) is 0 Å². The molecule has 0 saturated carbocycles. The second kappa shape index (κ2) is 17.3. The number of allylic oxidation sites excluding steroid dienone is 10. The van der Waals surface area contributed by atoms with E-state index in [-0.39, 0.29) is 17.4 Å². The van der Waals surface area contributed by atoms with Crippen LogP contribution >= 0.6 is 0 Å². The van der Waals surface area contributed by atoms with Gasteiger partial charge in [-0.2, -0.15) is 0 Å². The molecule has 194 valence electrons. The number of nitrogens with one attached hydrogen (secondary N) is 1. The number of likely N-dealkylation sites (tertiary alicyclic amines) is 1. The molecular formula is C31H43N3O2. The van der Waals surface area contributed by atoms with Crippen molar-refractivity contribution < 1.29 is 9.59 Å². The highest BCUT2D eigenvalue weighted by molar-refractivity contribution is 5.92. The van der Waals surface area contributed by atoms with Gasteiger partial charge in [0.15, 0.2) is 0 Å². The van der Waals surface area contributed by atoms with E-state index in [0.717, 1.165) is 51.4 Å². The minimum atomic E-state index is -0.376. The fourth-order valence-electron chi connectivity index (χ4n) is 4.04. The Morgan fingerprint density at radius 3 is 2.14 bits per heavy atom. The maximum Gasteiger partial charge on any atom is 0.272 e. The Morgan fingerprint density at radius 2 is 1.56 bits per heavy atom. The summed E-state index contributed by atoms with van der Waals surface area (Å²) in [5, 5.41) is 3.14. The molecule has 2 rings (SSSR count). The van der Waals surface area contributed by atoms with E-state index in [9.17, 15) is 9.59 Å². The molecule has 1 unspecified atom stereocenters. The van der Waals surface area contributed by atoms with Crippen LogP contribution < -0.4 is 5.32 Å². The van der Waals surface area contributed by atoms with Gasteiger partial charge in [-0.15, -0.1) is 0 Å². The molecule has 0 aliphatic carbocycles. The monoisotopic (exact) mass is 489 g/mol. The molecule has 1 aromatic heterocycles. The minimum Gasteiger partial charge on any atom is -0.349 e. The lowest BCUT2D eigenvalue weighted by Crippen LogP contribution is -2.48. The van der Waals surface area contributed by atoms with Crippen molar-refractivity contribution in [1.29, 1.82) is 0 Å². The van der Waals surface area contributed by atoms with Gasteiger partial charge in [0.25, 0.3) is 5.91 Å². The Labute approximate surface area is 217 Å². The van der Waals surface area contributed by atoms with Gasteiger partial charge in [0.1, 0.15) is 5.69 Å². The number of nitrogens with zero attached hydrogens (tertiary/aromatic N) is 2. The lowest BCUT2D eigenvalue weighted by molar-refractivity contribution is -0.122. The van der Waals surface area contributed by atoms with E-state index in [0.29, 0.717) is 25.2 Å². The van der Waals surface area contributed by atoms with E-state index >= 15 is 0 Å². The second-order valence-electron chi connectivity index (χ2n) is 9.40. The van der Waals surface area contributed by atoms with E-state index < -0.39 is 0 Å². The molecule has 1 aromatic rings. The maximum atomic E-state index is 12.6. The van der Waals surface area contributed by atoms with Gasteiger partial charge < -0.3 is 10.2 Å². The van der Waals surface area contributed by atoms with Crippen LogP contribution in [-0.2, 0) is 4.79 Å². The average Bonchev–Trinajstić information content (AvgIpc) is 3.27. The summed E-state index contributed by atoms with van der Waals surface area (Å²) >= 11 is 0. The van der Waals surface area contributed by atoms with Crippen LogP contribution in [0, 0.1) is 0 Å². The number of amides is 2. The van der Waals surface area contributed by atoms with Crippen molar-refractivity contribution >= 4 is 11.8 Å². The van der Waals surface area contributed by atoms with E-state index in [1.165, 1.54) is 0 Å². The number of carbonyl (C=O) groups is 2. The summed E-state index contributed by atoms with van der Waals surface area (Å²) in [5.74, 6) is -0.0241. The fraction of sp³-hybridized carbons (Fsp3) is 0.452. The Balaban J connectivity index is 1.53. The predicted octanol–water partition coefficient (Wildman–Crippen LogP) is 6.72. The zero-order chi connectivity index (χ0) is 25.9. The molecule has 1 fully saturated rings. The molecule has 1 N–H and O–H groups in total. The maximum absolute atomic E-state index is 12.6. The molecule has 0 spiro atoms. The van der Waals surface area contributed by atoms with Crippen LogP contribution in [0.15, 0.2) is 85.2 Å². The van der Waals surface area contributed by atoms with Crippen LogP contribution in [0.1, 0.15) is 82.1 Å². The molecule has 1 saturated heterocycles. The molecule has 1 aliphatic rings. The smallest absolute Gasteiger partial charge is 0.272 e. The predicted molar refractivity (Wildman–Crippen MR) is 150 cm³/mol. The van der Waals surface area contributed by atoms with Gasteiger partial charge in [-0.25, -0.2) is 0 Å². The van der Waals surface area contributed by atoms with Crippen molar-refractivity contribution in [3.63, 3.8) is 0 Å². The van der Waals surface area contributed by atoms with Crippen LogP contribution in [-0.4, -0.2) is 40.3 Å². The average molecular weight is 490 g/mol. The first kappa shape index (κ1) is 29.0. The second-order valence-corrected chi connectivity index (χ2v) is 9.40. The van der Waals surface area contributed by atoms with Crippen LogP contribution in [0.5, 0.6) is 0 Å². The molecule has 1 aliphatic heterocycles. The normalized spacial score (nSPS) is 18.6. The van der Waals surface area contributed by atoms with Crippen molar-refractivity contribution in [2.24, 2.45) is 0 Å². The first-order chi connectivity index (χ1) is 17.5. The topological polar surface area (TPSA) is 62.3 Å². The lowest BCUT2D eigenvalue weighted by Gasteiger charge is -2.26. The molecule has 1 atom stereocenters. The molecule has 5 heteroatoms. The summed E-state index contributed by atoms with van der Waals surface area (Å²) in [4.78, 5) is 31.0. The number of hydrogen-bond donors (Lipinski definition) is 1. The number of hydrogen-bond acceptors (Lipinski definition) is 3. The van der Waals surface area contributed by atoms with Crippen molar-refractivity contribution in [2.75, 3.05) is 13.1 Å². The molecule has 0 radical (unpaired) electrons. The first-order valence-electron chi connectivity index (χ1n) is 13.3. The van der Waals surface area contributed by atoms with Crippen LogP contribution in [0.4, 0.5) is 0 Å². The summed E-state index contributed by atoms with van der Waals surface area (Å²) in [5.41, 5.74) is 0.0731. The molecule has 0 bridgehead atoms. The summed E-state index contributed by atoms with van der Waals surface area (Å²) in [6.07, 6.45) is 31.5. The molecular weight excluding hydrogens is 446 g/mol. The van der Waals surface area contributed by atoms with Gasteiger partial charge in [-0.1, -0.05) is 73.8 Å². The summed E-state index contributed by atoms with van der Waals surface area (Å²) in [6.45, 7) is 5.31. The number of pyridine rings is 1. The van der Waals surface area contributed by atoms with Crippen LogP contribution in [0.2, 0.25) is 0 Å². The molecule has 2 heterocycles. The summed E-state index contributed by atoms with van der Waals surface area (Å²) in [6, 6.07) is 5.34. The summed E-state index contributed by atoms with van der Waals surface area (Å²) in [7, 11) is 0. The number of rotatable bonds is 15. The van der Waals surface area contributed by atoms with E-state index in [2.05, 4.69) is 78.0 Å². The standard InChI is InChI=1S/C31H43N3O2/c1-3-4-5-6-7-8-9-10-11-12-13-14-15-16-17-18-19-23-29(35)33-31(2)24-26-34(27-31)30(36)28-22-20-21-25-32-28/h4-5,7-8,10-11,13-14,16-17,20-22,25H,3,6,9,12,15,18-19,23-24,26-27H2,1-2H3,(H,33,35). The van der Waals surface area contributed by atoms with Gasteiger partial charge in [-0.05, 0) is 70.4 Å². The van der Waals surface area contributed by atoms with Gasteiger partial charge >= 0.3 is 0 Å². The lowest BCUT2D eigenvalue weighted by atomic mass is 10.0. The van der Waals surface area contributed by atoms with E-state index in [1.54, 1.807) is 23.2 Å². The third-order valence-corrected chi connectivity index (χ3v) is 6.02. The largest absolute Gasteiger partial charge is 0.349 e. The number of carbonyl (C=O) groups excluding carboxylic acids is 2. The fourth-order valence-corrected chi connectivity index (χ4v) is 4.04. The number of aromatic nitrogens is 1. The van der Waals surface area contributed by atoms with Crippen molar-refractivity contribution in [3.8, 4) is 0 Å². The molecule has 0 aromatic carbocycles. The third kappa shape index (κ3) is 12.0. The van der Waals surface area contributed by atoms with Crippen molar-refractivity contribution in [2.45, 2.75) is 77.2 Å².